The first-order chi connectivity index (χ1) is 6.16. The number of amides is 1. The fraction of sp³-hybridized carbons (Fsp3) is 0.111. The lowest BCUT2D eigenvalue weighted by molar-refractivity contribution is 0.0996. The molecule has 3 N–H and O–H groups in total. The lowest BCUT2D eigenvalue weighted by atomic mass is 10.2. The molecule has 0 aromatic carbocycles. The average Bonchev–Trinajstić information content (AvgIpc) is 2.46. The van der Waals surface area contributed by atoms with Gasteiger partial charge in [-0.1, -0.05) is 0 Å². The molecule has 0 saturated carbocycles. The predicted octanol–water partition coefficient (Wildman–Crippen LogP) is 0.970. The fourth-order valence-corrected chi connectivity index (χ4v) is 1.26. The lowest BCUT2D eigenvalue weighted by Gasteiger charge is -1.89. The number of aromatic amines is 1. The van der Waals surface area contributed by atoms with E-state index in [1.165, 1.54) is 0 Å². The fourth-order valence-electron chi connectivity index (χ4n) is 1.26. The van der Waals surface area contributed by atoms with Gasteiger partial charge in [0, 0.05) is 11.6 Å². The highest BCUT2D eigenvalue weighted by Gasteiger charge is 2.05. The molecule has 2 aromatic rings. The number of hydrogen-bond donors (Lipinski definition) is 2. The van der Waals surface area contributed by atoms with Crippen molar-refractivity contribution < 1.29 is 4.79 Å². The van der Waals surface area contributed by atoms with Crippen molar-refractivity contribution in [2.24, 2.45) is 5.73 Å². The first-order valence-corrected chi connectivity index (χ1v) is 3.92. The monoisotopic (exact) mass is 175 g/mol. The maximum absolute atomic E-state index is 10.8. The van der Waals surface area contributed by atoms with Gasteiger partial charge >= 0.3 is 0 Å². The molecule has 0 unspecified atom stereocenters. The van der Waals surface area contributed by atoms with Gasteiger partial charge < -0.3 is 10.7 Å². The second kappa shape index (κ2) is 2.58. The van der Waals surface area contributed by atoms with E-state index >= 15 is 0 Å². The zero-order chi connectivity index (χ0) is 9.42. The van der Waals surface area contributed by atoms with Crippen LogP contribution in [0.1, 0.15) is 16.1 Å². The summed E-state index contributed by atoms with van der Waals surface area (Å²) in [6, 6.07) is 3.66. The van der Waals surface area contributed by atoms with Crippen LogP contribution < -0.4 is 5.73 Å². The number of aromatic nitrogens is 2. The first kappa shape index (κ1) is 7.79. The minimum atomic E-state index is -0.462. The Morgan fingerprint density at radius 1 is 1.54 bits per heavy atom. The SMILES string of the molecule is Cc1cnc2[nH]c(C(N)=O)cc2c1. The van der Waals surface area contributed by atoms with Gasteiger partial charge in [0.15, 0.2) is 0 Å². The van der Waals surface area contributed by atoms with Gasteiger partial charge in [-0.15, -0.1) is 0 Å². The predicted molar refractivity (Wildman–Crippen MR) is 49.3 cm³/mol. The molecular weight excluding hydrogens is 166 g/mol. The van der Waals surface area contributed by atoms with Crippen molar-refractivity contribution in [3.8, 4) is 0 Å². The summed E-state index contributed by atoms with van der Waals surface area (Å²) in [4.78, 5) is 17.8. The molecular formula is C9H9N3O. The number of nitrogens with two attached hydrogens (primary N) is 1. The molecule has 1 amide bonds. The second-order valence-electron chi connectivity index (χ2n) is 3.00. The molecule has 0 spiro atoms. The first-order valence-electron chi connectivity index (χ1n) is 3.92. The number of aryl methyl sites for hydroxylation is 1. The van der Waals surface area contributed by atoms with Crippen molar-refractivity contribution in [2.45, 2.75) is 6.92 Å². The van der Waals surface area contributed by atoms with E-state index in [0.717, 1.165) is 10.9 Å². The number of carbonyl (C=O) groups excluding carboxylic acids is 1. The Bertz CT molecular complexity index is 473. The van der Waals surface area contributed by atoms with E-state index < -0.39 is 5.91 Å². The number of hydrogen-bond acceptors (Lipinski definition) is 2. The highest BCUT2D eigenvalue weighted by molar-refractivity contribution is 5.96. The smallest absolute Gasteiger partial charge is 0.265 e. The molecule has 0 fully saturated rings. The van der Waals surface area contributed by atoms with Gasteiger partial charge in [-0.25, -0.2) is 4.98 Å². The number of rotatable bonds is 1. The number of H-pyrrole nitrogens is 1. The van der Waals surface area contributed by atoms with Crippen LogP contribution >= 0.6 is 0 Å². The second-order valence-corrected chi connectivity index (χ2v) is 3.00. The molecule has 4 heteroatoms. The summed E-state index contributed by atoms with van der Waals surface area (Å²) < 4.78 is 0. The van der Waals surface area contributed by atoms with Crippen LogP contribution in [-0.4, -0.2) is 15.9 Å². The molecule has 2 rings (SSSR count). The summed E-state index contributed by atoms with van der Waals surface area (Å²) in [7, 11) is 0. The molecule has 0 saturated heterocycles. The summed E-state index contributed by atoms with van der Waals surface area (Å²) in [6.45, 7) is 1.95. The molecule has 0 aliphatic carbocycles. The summed E-state index contributed by atoms with van der Waals surface area (Å²) in [5, 5.41) is 0.911. The van der Waals surface area contributed by atoms with Crippen molar-refractivity contribution in [1.29, 1.82) is 0 Å². The van der Waals surface area contributed by atoms with Crippen molar-refractivity contribution in [1.82, 2.24) is 9.97 Å². The topological polar surface area (TPSA) is 71.8 Å². The minimum absolute atomic E-state index is 0.396. The Morgan fingerprint density at radius 2 is 2.31 bits per heavy atom. The third kappa shape index (κ3) is 1.26. The van der Waals surface area contributed by atoms with E-state index in [1.807, 2.05) is 13.0 Å². The van der Waals surface area contributed by atoms with Crippen molar-refractivity contribution in [3.63, 3.8) is 0 Å². The maximum atomic E-state index is 10.8. The molecule has 4 nitrogen and oxygen atoms in total. The standard InChI is InChI=1S/C9H9N3O/c1-5-2-6-3-7(8(10)13)12-9(6)11-4-5/h2-4H,1H3,(H2,10,13)(H,11,12). The van der Waals surface area contributed by atoms with Gasteiger partial charge in [0.05, 0.1) is 0 Å². The largest absolute Gasteiger partial charge is 0.364 e. The van der Waals surface area contributed by atoms with E-state index in [1.54, 1.807) is 12.3 Å². The maximum Gasteiger partial charge on any atom is 0.265 e. The Balaban J connectivity index is 2.68. The quantitative estimate of drug-likeness (QED) is 0.677. The van der Waals surface area contributed by atoms with Gasteiger partial charge in [0.25, 0.3) is 5.91 Å². The molecule has 13 heavy (non-hydrogen) atoms. The Morgan fingerprint density at radius 3 is 3.00 bits per heavy atom. The van der Waals surface area contributed by atoms with E-state index in [2.05, 4.69) is 9.97 Å². The van der Waals surface area contributed by atoms with Gasteiger partial charge in [-0.05, 0) is 24.6 Å². The minimum Gasteiger partial charge on any atom is -0.364 e. The highest BCUT2D eigenvalue weighted by Crippen LogP contribution is 2.13. The Labute approximate surface area is 74.8 Å². The summed E-state index contributed by atoms with van der Waals surface area (Å²) in [6.07, 6.45) is 1.74. The van der Waals surface area contributed by atoms with Crippen LogP contribution in [-0.2, 0) is 0 Å². The van der Waals surface area contributed by atoms with Crippen LogP contribution in [0.25, 0.3) is 11.0 Å². The third-order valence-electron chi connectivity index (χ3n) is 1.87. The van der Waals surface area contributed by atoms with Crippen molar-refractivity contribution in [2.75, 3.05) is 0 Å². The van der Waals surface area contributed by atoms with Crippen LogP contribution in [0.3, 0.4) is 0 Å². The number of carbonyl (C=O) groups is 1. The molecule has 66 valence electrons. The molecule has 0 atom stereocenters. The molecule has 0 aliphatic heterocycles. The lowest BCUT2D eigenvalue weighted by Crippen LogP contribution is -2.10. The summed E-state index contributed by atoms with van der Waals surface area (Å²) >= 11 is 0. The molecule has 0 radical (unpaired) electrons. The number of nitrogens with one attached hydrogen (secondary N) is 1. The molecule has 2 aromatic heterocycles. The van der Waals surface area contributed by atoms with E-state index in [9.17, 15) is 4.79 Å². The van der Waals surface area contributed by atoms with Crippen molar-refractivity contribution >= 4 is 16.9 Å². The number of fused-ring (bicyclic) bond motifs is 1. The zero-order valence-corrected chi connectivity index (χ0v) is 7.16. The van der Waals surface area contributed by atoms with Gasteiger partial charge in [-0.2, -0.15) is 0 Å². The molecule has 2 heterocycles. The van der Waals surface area contributed by atoms with E-state index in [0.29, 0.717) is 11.3 Å². The van der Waals surface area contributed by atoms with E-state index in [4.69, 9.17) is 5.73 Å². The number of nitrogens with zero attached hydrogens (tertiary/aromatic N) is 1. The van der Waals surface area contributed by atoms with Crippen LogP contribution in [0.5, 0.6) is 0 Å². The van der Waals surface area contributed by atoms with Gasteiger partial charge in [0.1, 0.15) is 11.3 Å². The van der Waals surface area contributed by atoms with Gasteiger partial charge in [0.2, 0.25) is 0 Å². The van der Waals surface area contributed by atoms with Crippen LogP contribution in [0.4, 0.5) is 0 Å². The van der Waals surface area contributed by atoms with Crippen LogP contribution in [0.15, 0.2) is 18.3 Å². The molecule has 0 aliphatic rings. The van der Waals surface area contributed by atoms with Crippen LogP contribution in [0.2, 0.25) is 0 Å². The van der Waals surface area contributed by atoms with Crippen LogP contribution in [0, 0.1) is 6.92 Å². The Hall–Kier alpha value is -1.84. The third-order valence-corrected chi connectivity index (χ3v) is 1.87. The summed E-state index contributed by atoms with van der Waals surface area (Å²) in [5.74, 6) is -0.462. The number of primary amides is 1. The number of pyridine rings is 1. The normalized spacial score (nSPS) is 10.5. The zero-order valence-electron chi connectivity index (χ0n) is 7.16. The Kier molecular flexibility index (Phi) is 1.55. The summed E-state index contributed by atoms with van der Waals surface area (Å²) in [5.41, 5.74) is 7.27. The molecule has 0 bridgehead atoms. The highest BCUT2D eigenvalue weighted by atomic mass is 16.1. The average molecular weight is 175 g/mol. The van der Waals surface area contributed by atoms with Gasteiger partial charge in [-0.3, -0.25) is 4.79 Å². The van der Waals surface area contributed by atoms with E-state index in [-0.39, 0.29) is 0 Å². The van der Waals surface area contributed by atoms with Crippen molar-refractivity contribution in [3.05, 3.63) is 29.6 Å².